The van der Waals surface area contributed by atoms with Crippen LogP contribution in [0, 0.1) is 0 Å². The molecule has 0 amide bonds. The first-order chi connectivity index (χ1) is 9.24. The second kappa shape index (κ2) is 6.04. The van der Waals surface area contributed by atoms with Gasteiger partial charge in [0, 0.05) is 6.20 Å². The van der Waals surface area contributed by atoms with Gasteiger partial charge < -0.3 is 9.47 Å². The lowest BCUT2D eigenvalue weighted by atomic mass is 10.3. The third-order valence-corrected chi connectivity index (χ3v) is 2.49. The molecule has 1 heterocycles. The van der Waals surface area contributed by atoms with E-state index in [0.29, 0.717) is 18.9 Å². The number of nitrogens with zero attached hydrogens (tertiary/aromatic N) is 2. The summed E-state index contributed by atoms with van der Waals surface area (Å²) < 4.78 is 11.9. The van der Waals surface area contributed by atoms with Crippen LogP contribution in [0.3, 0.4) is 0 Å². The second-order valence-corrected chi connectivity index (χ2v) is 3.79. The second-order valence-electron chi connectivity index (χ2n) is 3.79. The van der Waals surface area contributed by atoms with Crippen molar-refractivity contribution in [3.8, 4) is 11.4 Å². The average molecular weight is 260 g/mol. The lowest BCUT2D eigenvalue weighted by Gasteiger charge is -2.05. The Morgan fingerprint density at radius 2 is 1.89 bits per heavy atom. The van der Waals surface area contributed by atoms with Crippen molar-refractivity contribution in [3.05, 3.63) is 42.2 Å². The van der Waals surface area contributed by atoms with Crippen LogP contribution in [0.25, 0.3) is 5.69 Å². The third-order valence-electron chi connectivity index (χ3n) is 2.49. The van der Waals surface area contributed by atoms with Crippen molar-refractivity contribution in [1.29, 1.82) is 0 Å². The molecular formula is C14H16N2O3. The van der Waals surface area contributed by atoms with E-state index in [9.17, 15) is 4.79 Å². The van der Waals surface area contributed by atoms with E-state index in [1.54, 1.807) is 23.9 Å². The molecule has 0 aliphatic heterocycles. The summed E-state index contributed by atoms with van der Waals surface area (Å²) in [5.74, 6) is 0.399. The number of carbonyl (C=O) groups is 1. The molecule has 5 heteroatoms. The molecule has 0 spiro atoms. The fourth-order valence-corrected chi connectivity index (χ4v) is 1.64. The van der Waals surface area contributed by atoms with Crippen LogP contribution in [0.4, 0.5) is 0 Å². The first-order valence-corrected chi connectivity index (χ1v) is 6.20. The van der Waals surface area contributed by atoms with Gasteiger partial charge in [-0.15, -0.1) is 0 Å². The molecule has 1 aromatic carbocycles. The van der Waals surface area contributed by atoms with Gasteiger partial charge in [-0.1, -0.05) is 0 Å². The van der Waals surface area contributed by atoms with Crippen LogP contribution in [-0.4, -0.2) is 29.0 Å². The zero-order valence-electron chi connectivity index (χ0n) is 11.0. The predicted molar refractivity (Wildman–Crippen MR) is 70.7 cm³/mol. The van der Waals surface area contributed by atoms with E-state index in [1.165, 1.54) is 0 Å². The Morgan fingerprint density at radius 3 is 2.53 bits per heavy atom. The quantitative estimate of drug-likeness (QED) is 0.775. The molecule has 5 nitrogen and oxygen atoms in total. The molecular weight excluding hydrogens is 244 g/mol. The number of aromatic nitrogens is 2. The van der Waals surface area contributed by atoms with Crippen molar-refractivity contribution in [2.45, 2.75) is 13.8 Å². The van der Waals surface area contributed by atoms with Crippen LogP contribution in [0.15, 0.2) is 36.5 Å². The topological polar surface area (TPSA) is 53.4 Å². The Balaban J connectivity index is 2.15. The Hall–Kier alpha value is -2.30. The van der Waals surface area contributed by atoms with Gasteiger partial charge in [0.15, 0.2) is 5.69 Å². The summed E-state index contributed by atoms with van der Waals surface area (Å²) in [6.07, 6.45) is 1.72. The summed E-state index contributed by atoms with van der Waals surface area (Å²) in [5.41, 5.74) is 1.16. The highest BCUT2D eigenvalue weighted by atomic mass is 16.5. The Bertz CT molecular complexity index is 546. The molecule has 0 radical (unpaired) electrons. The summed E-state index contributed by atoms with van der Waals surface area (Å²) in [7, 11) is 0. The van der Waals surface area contributed by atoms with E-state index in [4.69, 9.17) is 9.47 Å². The van der Waals surface area contributed by atoms with Crippen LogP contribution in [0.2, 0.25) is 0 Å². The van der Waals surface area contributed by atoms with Gasteiger partial charge in [-0.3, -0.25) is 0 Å². The Kier molecular flexibility index (Phi) is 4.18. The fourth-order valence-electron chi connectivity index (χ4n) is 1.64. The van der Waals surface area contributed by atoms with E-state index < -0.39 is 5.97 Å². The highest BCUT2D eigenvalue weighted by Crippen LogP contribution is 2.15. The monoisotopic (exact) mass is 260 g/mol. The smallest absolute Gasteiger partial charge is 0.358 e. The number of hydrogen-bond donors (Lipinski definition) is 0. The van der Waals surface area contributed by atoms with Gasteiger partial charge in [-0.25, -0.2) is 9.48 Å². The number of carbonyl (C=O) groups excluding carboxylic acids is 1. The highest BCUT2D eigenvalue weighted by molar-refractivity contribution is 5.87. The molecule has 1 aromatic heterocycles. The predicted octanol–water partition coefficient (Wildman–Crippen LogP) is 2.45. The van der Waals surface area contributed by atoms with E-state index in [1.807, 2.05) is 31.2 Å². The zero-order chi connectivity index (χ0) is 13.7. The summed E-state index contributed by atoms with van der Waals surface area (Å²) in [5, 5.41) is 4.18. The van der Waals surface area contributed by atoms with Gasteiger partial charge in [0.1, 0.15) is 5.75 Å². The molecule has 2 aromatic rings. The zero-order valence-corrected chi connectivity index (χ0v) is 11.0. The van der Waals surface area contributed by atoms with Gasteiger partial charge >= 0.3 is 5.97 Å². The van der Waals surface area contributed by atoms with Crippen LogP contribution in [0.5, 0.6) is 5.75 Å². The number of esters is 1. The maximum atomic E-state index is 11.5. The van der Waals surface area contributed by atoms with Crippen LogP contribution in [0.1, 0.15) is 24.3 Å². The van der Waals surface area contributed by atoms with Crippen molar-refractivity contribution in [2.75, 3.05) is 13.2 Å². The molecule has 0 atom stereocenters. The van der Waals surface area contributed by atoms with E-state index >= 15 is 0 Å². The normalized spacial score (nSPS) is 10.2. The first kappa shape index (κ1) is 13.1. The molecule has 2 rings (SSSR count). The minimum absolute atomic E-state index is 0.302. The molecule has 100 valence electrons. The summed E-state index contributed by atoms with van der Waals surface area (Å²) in [4.78, 5) is 11.5. The number of benzene rings is 1. The molecule has 0 aliphatic rings. The molecule has 0 fully saturated rings. The molecule has 0 saturated carbocycles. The first-order valence-electron chi connectivity index (χ1n) is 6.20. The van der Waals surface area contributed by atoms with Gasteiger partial charge in [0.2, 0.25) is 0 Å². The lowest BCUT2D eigenvalue weighted by molar-refractivity contribution is 0.0519. The standard InChI is InChI=1S/C14H16N2O3/c1-3-18-12-7-5-11(6-8-12)16-10-9-13(15-16)14(17)19-4-2/h5-10H,3-4H2,1-2H3. The third kappa shape index (κ3) is 3.13. The Labute approximate surface area is 111 Å². The number of rotatable bonds is 5. The maximum absolute atomic E-state index is 11.5. The minimum atomic E-state index is -0.410. The van der Waals surface area contributed by atoms with E-state index in [-0.39, 0.29) is 0 Å². The summed E-state index contributed by atoms with van der Waals surface area (Å²) in [6.45, 7) is 4.68. The molecule has 19 heavy (non-hydrogen) atoms. The van der Waals surface area contributed by atoms with Gasteiger partial charge in [-0.05, 0) is 44.2 Å². The number of ether oxygens (including phenoxy) is 2. The van der Waals surface area contributed by atoms with Gasteiger partial charge in [0.25, 0.3) is 0 Å². The van der Waals surface area contributed by atoms with Crippen LogP contribution < -0.4 is 4.74 Å². The van der Waals surface area contributed by atoms with E-state index in [2.05, 4.69) is 5.10 Å². The van der Waals surface area contributed by atoms with Crippen molar-refractivity contribution >= 4 is 5.97 Å². The molecule has 0 aliphatic carbocycles. The lowest BCUT2D eigenvalue weighted by Crippen LogP contribution is -2.06. The van der Waals surface area contributed by atoms with Crippen molar-refractivity contribution in [3.63, 3.8) is 0 Å². The van der Waals surface area contributed by atoms with Crippen molar-refractivity contribution < 1.29 is 14.3 Å². The number of hydrogen-bond acceptors (Lipinski definition) is 4. The van der Waals surface area contributed by atoms with Gasteiger partial charge in [-0.2, -0.15) is 5.10 Å². The average Bonchev–Trinajstić information content (AvgIpc) is 2.90. The SMILES string of the molecule is CCOC(=O)c1ccn(-c2ccc(OCC)cc2)n1. The van der Waals surface area contributed by atoms with Crippen molar-refractivity contribution in [1.82, 2.24) is 9.78 Å². The largest absolute Gasteiger partial charge is 0.494 e. The molecule has 0 N–H and O–H groups in total. The van der Waals surface area contributed by atoms with Crippen LogP contribution >= 0.6 is 0 Å². The summed E-state index contributed by atoms with van der Waals surface area (Å²) >= 11 is 0. The molecule has 0 unspecified atom stereocenters. The molecule has 0 bridgehead atoms. The van der Waals surface area contributed by atoms with Crippen LogP contribution in [-0.2, 0) is 4.74 Å². The summed E-state index contributed by atoms with van der Waals surface area (Å²) in [6, 6.07) is 9.13. The Morgan fingerprint density at radius 1 is 1.16 bits per heavy atom. The molecule has 0 saturated heterocycles. The van der Waals surface area contributed by atoms with Gasteiger partial charge in [0.05, 0.1) is 18.9 Å². The minimum Gasteiger partial charge on any atom is -0.494 e. The maximum Gasteiger partial charge on any atom is 0.358 e. The van der Waals surface area contributed by atoms with Crippen molar-refractivity contribution in [2.24, 2.45) is 0 Å². The van der Waals surface area contributed by atoms with E-state index in [0.717, 1.165) is 11.4 Å². The fraction of sp³-hybridized carbons (Fsp3) is 0.286. The highest BCUT2D eigenvalue weighted by Gasteiger charge is 2.10.